The summed E-state index contributed by atoms with van der Waals surface area (Å²) in [4.78, 5) is 16.7. The van der Waals surface area contributed by atoms with E-state index in [0.717, 1.165) is 17.0 Å². The van der Waals surface area contributed by atoms with E-state index in [0.29, 0.717) is 16.7 Å². The molecule has 4 nitrogen and oxygen atoms in total. The molecule has 0 bridgehead atoms. The first-order chi connectivity index (χ1) is 14.1. The zero-order chi connectivity index (χ0) is 21.9. The molecule has 0 aliphatic carbocycles. The van der Waals surface area contributed by atoms with Gasteiger partial charge in [0.05, 0.1) is 10.6 Å². The van der Waals surface area contributed by atoms with Crippen molar-refractivity contribution >= 4 is 23.5 Å². The number of hydrogen-bond acceptors (Lipinski definition) is 2. The highest BCUT2D eigenvalue weighted by Crippen LogP contribution is 2.34. The Bertz CT molecular complexity index is 1030. The van der Waals surface area contributed by atoms with Gasteiger partial charge in [-0.3, -0.25) is 4.90 Å². The number of amides is 1. The summed E-state index contributed by atoms with van der Waals surface area (Å²) in [6.45, 7) is -0.283. The first-order valence-electron chi connectivity index (χ1n) is 8.70. The van der Waals surface area contributed by atoms with E-state index in [1.165, 1.54) is 18.3 Å². The lowest BCUT2D eigenvalue weighted by atomic mass is 9.89. The second kappa shape index (κ2) is 8.71. The summed E-state index contributed by atoms with van der Waals surface area (Å²) in [5, 5.41) is 9.97. The number of anilines is 1. The van der Waals surface area contributed by atoms with Crippen LogP contribution in [0.1, 0.15) is 22.6 Å². The summed E-state index contributed by atoms with van der Waals surface area (Å²) in [5.74, 6) is -1.90. The van der Waals surface area contributed by atoms with Gasteiger partial charge in [0, 0.05) is 18.7 Å². The molecule has 1 atom stereocenters. The second-order valence-corrected chi connectivity index (χ2v) is 6.90. The van der Waals surface area contributed by atoms with Crippen LogP contribution in [-0.2, 0) is 6.18 Å². The Labute approximate surface area is 174 Å². The number of nitrogens with zero attached hydrogens (tertiary/aromatic N) is 2. The normalized spacial score (nSPS) is 12.4. The van der Waals surface area contributed by atoms with Crippen molar-refractivity contribution < 1.29 is 27.5 Å². The molecule has 1 unspecified atom stereocenters. The molecule has 3 aromatic rings. The highest BCUT2D eigenvalue weighted by atomic mass is 35.5. The third-order valence-corrected chi connectivity index (χ3v) is 4.66. The molecular formula is C21H15ClF4N2O2. The Kier molecular flexibility index (Phi) is 6.26. The van der Waals surface area contributed by atoms with Crippen LogP contribution in [0.3, 0.4) is 0 Å². The van der Waals surface area contributed by atoms with Crippen LogP contribution in [0.2, 0.25) is 5.02 Å². The van der Waals surface area contributed by atoms with Crippen LogP contribution in [0.25, 0.3) is 0 Å². The highest BCUT2D eigenvalue weighted by molar-refractivity contribution is 6.30. The summed E-state index contributed by atoms with van der Waals surface area (Å²) < 4.78 is 53.7. The molecule has 1 heterocycles. The maximum absolute atomic E-state index is 14.0. The summed E-state index contributed by atoms with van der Waals surface area (Å²) in [7, 11) is 0. The first kappa shape index (κ1) is 21.6. The Balaban J connectivity index is 2.09. The predicted molar refractivity (Wildman–Crippen MR) is 104 cm³/mol. The molecule has 1 amide bonds. The van der Waals surface area contributed by atoms with Crippen molar-refractivity contribution in [3.8, 4) is 0 Å². The zero-order valence-electron chi connectivity index (χ0n) is 15.3. The van der Waals surface area contributed by atoms with Gasteiger partial charge in [-0.25, -0.2) is 14.2 Å². The van der Waals surface area contributed by atoms with Crippen molar-refractivity contribution in [2.24, 2.45) is 0 Å². The molecular weight excluding hydrogens is 424 g/mol. The lowest BCUT2D eigenvalue weighted by Gasteiger charge is -2.26. The van der Waals surface area contributed by atoms with Crippen molar-refractivity contribution in [3.63, 3.8) is 0 Å². The predicted octanol–water partition coefficient (Wildman–Crippen LogP) is 6.21. The zero-order valence-corrected chi connectivity index (χ0v) is 16.0. The molecule has 1 aromatic heterocycles. The van der Waals surface area contributed by atoms with E-state index in [4.69, 9.17) is 11.6 Å². The average molecular weight is 439 g/mol. The van der Waals surface area contributed by atoms with Crippen molar-refractivity contribution in [2.45, 2.75) is 12.1 Å². The van der Waals surface area contributed by atoms with Crippen molar-refractivity contribution in [2.75, 3.05) is 11.4 Å². The maximum atomic E-state index is 14.0. The Morgan fingerprint density at radius 3 is 2.33 bits per heavy atom. The number of pyridine rings is 1. The van der Waals surface area contributed by atoms with Crippen LogP contribution in [0.15, 0.2) is 66.9 Å². The third-order valence-electron chi connectivity index (χ3n) is 4.44. The van der Waals surface area contributed by atoms with Gasteiger partial charge in [-0.05, 0) is 41.5 Å². The van der Waals surface area contributed by atoms with Crippen LogP contribution in [0, 0.1) is 5.82 Å². The average Bonchev–Trinajstić information content (AvgIpc) is 2.69. The number of halogens is 5. The van der Waals surface area contributed by atoms with Gasteiger partial charge in [0.1, 0.15) is 11.6 Å². The standard InChI is InChI=1S/C21H15ClF4N2O2/c22-16-6-7-19(27-11-16)28(20(29)30)12-18(13-4-2-1-3-5-13)14-8-15(21(24,25)26)10-17(23)9-14/h1-11,18H,12H2,(H,29,30). The third kappa shape index (κ3) is 5.07. The number of carbonyl (C=O) groups is 1. The molecule has 1 N–H and O–H groups in total. The van der Waals surface area contributed by atoms with Crippen molar-refractivity contribution in [1.82, 2.24) is 4.98 Å². The van der Waals surface area contributed by atoms with E-state index in [2.05, 4.69) is 4.98 Å². The summed E-state index contributed by atoms with van der Waals surface area (Å²) in [5.41, 5.74) is -0.630. The smallest absolute Gasteiger partial charge is 0.416 e. The number of rotatable bonds is 5. The number of aromatic nitrogens is 1. The molecule has 0 spiro atoms. The van der Waals surface area contributed by atoms with Gasteiger partial charge in [-0.2, -0.15) is 13.2 Å². The first-order valence-corrected chi connectivity index (χ1v) is 9.07. The minimum atomic E-state index is -4.75. The van der Waals surface area contributed by atoms with Gasteiger partial charge in [-0.15, -0.1) is 0 Å². The molecule has 0 radical (unpaired) electrons. The van der Waals surface area contributed by atoms with Crippen LogP contribution in [-0.4, -0.2) is 22.7 Å². The fourth-order valence-electron chi connectivity index (χ4n) is 3.05. The molecule has 9 heteroatoms. The molecule has 0 saturated heterocycles. The number of benzene rings is 2. The van der Waals surface area contributed by atoms with Crippen LogP contribution in [0.4, 0.5) is 28.2 Å². The topological polar surface area (TPSA) is 53.4 Å². The lowest BCUT2D eigenvalue weighted by Crippen LogP contribution is -2.34. The molecule has 0 aliphatic heterocycles. The van der Waals surface area contributed by atoms with Crippen LogP contribution in [0.5, 0.6) is 0 Å². The van der Waals surface area contributed by atoms with E-state index in [1.807, 2.05) is 0 Å². The minimum absolute atomic E-state index is 0.00580. The quantitative estimate of drug-likeness (QED) is 0.482. The van der Waals surface area contributed by atoms with E-state index < -0.39 is 29.6 Å². The molecule has 3 rings (SSSR count). The number of carboxylic acid groups (broad SMARTS) is 1. The van der Waals surface area contributed by atoms with Crippen LogP contribution < -0.4 is 4.90 Å². The molecule has 30 heavy (non-hydrogen) atoms. The van der Waals surface area contributed by atoms with Gasteiger partial charge >= 0.3 is 12.3 Å². The van der Waals surface area contributed by atoms with Gasteiger partial charge in [0.15, 0.2) is 0 Å². The van der Waals surface area contributed by atoms with E-state index in [-0.39, 0.29) is 17.9 Å². The molecule has 2 aromatic carbocycles. The summed E-state index contributed by atoms with van der Waals surface area (Å²) >= 11 is 5.79. The molecule has 0 saturated carbocycles. The number of hydrogen-bond donors (Lipinski definition) is 1. The van der Waals surface area contributed by atoms with Crippen molar-refractivity contribution in [1.29, 1.82) is 0 Å². The van der Waals surface area contributed by atoms with Gasteiger partial charge < -0.3 is 5.11 Å². The van der Waals surface area contributed by atoms with E-state index in [1.54, 1.807) is 30.3 Å². The summed E-state index contributed by atoms with van der Waals surface area (Å²) in [6, 6.07) is 13.3. The number of alkyl halides is 3. The molecule has 0 aliphatic rings. The fraction of sp³-hybridized carbons (Fsp3) is 0.143. The van der Waals surface area contributed by atoms with E-state index in [9.17, 15) is 27.5 Å². The SMILES string of the molecule is O=C(O)N(CC(c1ccccc1)c1cc(F)cc(C(F)(F)F)c1)c1ccc(Cl)cn1. The largest absolute Gasteiger partial charge is 0.465 e. The van der Waals surface area contributed by atoms with E-state index >= 15 is 0 Å². The Morgan fingerprint density at radius 1 is 1.07 bits per heavy atom. The second-order valence-electron chi connectivity index (χ2n) is 6.46. The Morgan fingerprint density at radius 2 is 1.77 bits per heavy atom. The monoisotopic (exact) mass is 438 g/mol. The Hall–Kier alpha value is -3.13. The van der Waals surface area contributed by atoms with Gasteiger partial charge in [0.2, 0.25) is 0 Å². The van der Waals surface area contributed by atoms with Gasteiger partial charge in [0.25, 0.3) is 0 Å². The summed E-state index contributed by atoms with van der Waals surface area (Å²) in [6.07, 6.45) is -4.85. The lowest BCUT2D eigenvalue weighted by molar-refractivity contribution is -0.137. The maximum Gasteiger partial charge on any atom is 0.416 e. The van der Waals surface area contributed by atoms with Crippen LogP contribution >= 0.6 is 11.6 Å². The molecule has 156 valence electrons. The van der Waals surface area contributed by atoms with Crippen molar-refractivity contribution in [3.05, 3.63) is 94.4 Å². The van der Waals surface area contributed by atoms with Gasteiger partial charge in [-0.1, -0.05) is 41.9 Å². The fourth-order valence-corrected chi connectivity index (χ4v) is 3.16. The molecule has 0 fully saturated rings. The minimum Gasteiger partial charge on any atom is -0.465 e. The highest BCUT2D eigenvalue weighted by Gasteiger charge is 2.33.